The average molecular weight is 377 g/mol. The van der Waals surface area contributed by atoms with Crippen LogP contribution < -0.4 is 9.64 Å². The highest BCUT2D eigenvalue weighted by Crippen LogP contribution is 2.34. The minimum Gasteiger partial charge on any atom is -0.495 e. The fourth-order valence-electron chi connectivity index (χ4n) is 3.13. The van der Waals surface area contributed by atoms with Crippen LogP contribution in [0.3, 0.4) is 0 Å². The van der Waals surface area contributed by atoms with E-state index in [1.54, 1.807) is 11.0 Å². The lowest BCUT2D eigenvalue weighted by Crippen LogP contribution is -2.43. The number of benzene rings is 1. The molecule has 1 aromatic carbocycles. The number of nitrogens with zero attached hydrogens (tertiary/aromatic N) is 3. The molecule has 8 heteroatoms. The van der Waals surface area contributed by atoms with Crippen molar-refractivity contribution in [3.05, 3.63) is 23.8 Å². The second-order valence-corrected chi connectivity index (χ2v) is 7.04. The van der Waals surface area contributed by atoms with Gasteiger partial charge >= 0.3 is 5.97 Å². The van der Waals surface area contributed by atoms with Crippen LogP contribution in [-0.4, -0.2) is 80.1 Å². The first-order valence-corrected chi connectivity index (χ1v) is 8.83. The van der Waals surface area contributed by atoms with Crippen LogP contribution in [0, 0.1) is 12.8 Å². The fraction of sp³-hybridized carbons (Fsp3) is 0.526. The van der Waals surface area contributed by atoms with Crippen LogP contribution in [0.15, 0.2) is 18.2 Å². The molecule has 1 saturated heterocycles. The molecule has 1 atom stereocenters. The Balaban J connectivity index is 2.18. The van der Waals surface area contributed by atoms with E-state index in [0.717, 1.165) is 5.56 Å². The van der Waals surface area contributed by atoms with E-state index in [-0.39, 0.29) is 31.3 Å². The summed E-state index contributed by atoms with van der Waals surface area (Å²) < 4.78 is 5.35. The maximum absolute atomic E-state index is 12.9. The maximum atomic E-state index is 12.9. The van der Waals surface area contributed by atoms with E-state index in [0.29, 0.717) is 24.5 Å². The van der Waals surface area contributed by atoms with Crippen molar-refractivity contribution < 1.29 is 24.2 Å². The summed E-state index contributed by atoms with van der Waals surface area (Å²) in [6.07, 6.45) is 0.0635. The number of rotatable bonds is 8. The van der Waals surface area contributed by atoms with Gasteiger partial charge in [0, 0.05) is 26.1 Å². The number of carbonyl (C=O) groups is 3. The molecule has 0 spiro atoms. The lowest BCUT2D eigenvalue weighted by Gasteiger charge is -2.25. The van der Waals surface area contributed by atoms with Crippen molar-refractivity contribution in [1.29, 1.82) is 0 Å². The third-order valence-electron chi connectivity index (χ3n) is 4.55. The van der Waals surface area contributed by atoms with Gasteiger partial charge in [0.25, 0.3) is 0 Å². The van der Waals surface area contributed by atoms with Crippen LogP contribution >= 0.6 is 0 Å². The molecular weight excluding hydrogens is 350 g/mol. The van der Waals surface area contributed by atoms with E-state index in [1.165, 1.54) is 12.0 Å². The van der Waals surface area contributed by atoms with Gasteiger partial charge in [0.15, 0.2) is 0 Å². The normalized spacial score (nSPS) is 16.7. The largest absolute Gasteiger partial charge is 0.495 e. The highest BCUT2D eigenvalue weighted by atomic mass is 16.5. The predicted octanol–water partition coefficient (Wildman–Crippen LogP) is 0.831. The Kier molecular flexibility index (Phi) is 6.79. The number of ether oxygens (including phenoxy) is 1. The average Bonchev–Trinajstić information content (AvgIpc) is 2.99. The molecule has 1 fully saturated rings. The maximum Gasteiger partial charge on any atom is 0.323 e. The minimum atomic E-state index is -1.07. The van der Waals surface area contributed by atoms with E-state index in [1.807, 2.05) is 38.1 Å². The van der Waals surface area contributed by atoms with Gasteiger partial charge in [-0.2, -0.15) is 0 Å². The smallest absolute Gasteiger partial charge is 0.323 e. The van der Waals surface area contributed by atoms with Crippen molar-refractivity contribution in [1.82, 2.24) is 9.80 Å². The van der Waals surface area contributed by atoms with Crippen molar-refractivity contribution in [3.63, 3.8) is 0 Å². The van der Waals surface area contributed by atoms with Gasteiger partial charge in [0.1, 0.15) is 12.3 Å². The molecular formula is C19H27N3O5. The lowest BCUT2D eigenvalue weighted by atomic mass is 10.1. The predicted molar refractivity (Wildman–Crippen MR) is 101 cm³/mol. The Morgan fingerprint density at radius 3 is 2.59 bits per heavy atom. The summed E-state index contributed by atoms with van der Waals surface area (Å²) in [5.41, 5.74) is 1.61. The molecule has 2 rings (SSSR count). The number of likely N-dealkylation sites (N-methyl/N-ethyl adjacent to an activating group) is 1. The number of aryl methyl sites for hydroxylation is 1. The molecule has 1 aromatic rings. The first-order chi connectivity index (χ1) is 12.7. The van der Waals surface area contributed by atoms with Crippen LogP contribution in [0.25, 0.3) is 0 Å². The first-order valence-electron chi connectivity index (χ1n) is 8.83. The second kappa shape index (κ2) is 8.85. The molecule has 0 bridgehead atoms. The Bertz CT molecular complexity index is 719. The second-order valence-electron chi connectivity index (χ2n) is 7.04. The molecule has 1 unspecified atom stereocenters. The highest BCUT2D eigenvalue weighted by molar-refractivity contribution is 6.01. The third kappa shape index (κ3) is 5.19. The summed E-state index contributed by atoms with van der Waals surface area (Å²) in [5, 5.41) is 9.12. The number of hydrogen-bond donors (Lipinski definition) is 1. The Hall–Kier alpha value is -2.61. The van der Waals surface area contributed by atoms with Crippen LogP contribution in [0.4, 0.5) is 5.69 Å². The van der Waals surface area contributed by atoms with E-state index < -0.39 is 11.9 Å². The van der Waals surface area contributed by atoms with Crippen LogP contribution in [0.5, 0.6) is 5.75 Å². The molecule has 0 aromatic heterocycles. The van der Waals surface area contributed by atoms with Crippen molar-refractivity contribution in [2.24, 2.45) is 5.92 Å². The molecule has 148 valence electrons. The summed E-state index contributed by atoms with van der Waals surface area (Å²) in [4.78, 5) is 41.3. The lowest BCUT2D eigenvalue weighted by molar-refractivity contribution is -0.146. The number of anilines is 1. The van der Waals surface area contributed by atoms with Gasteiger partial charge < -0.3 is 24.5 Å². The molecule has 1 N–H and O–H groups in total. The number of hydrogen-bond acceptors (Lipinski definition) is 5. The van der Waals surface area contributed by atoms with E-state index in [4.69, 9.17) is 9.84 Å². The van der Waals surface area contributed by atoms with Crippen LogP contribution in [-0.2, 0) is 14.4 Å². The summed E-state index contributed by atoms with van der Waals surface area (Å²) in [6.45, 7) is 2.62. The van der Waals surface area contributed by atoms with Crippen molar-refractivity contribution >= 4 is 23.5 Å². The quantitative estimate of drug-likeness (QED) is 0.722. The van der Waals surface area contributed by atoms with Crippen LogP contribution in [0.2, 0.25) is 0 Å². The third-order valence-corrected chi connectivity index (χ3v) is 4.55. The molecule has 8 nitrogen and oxygen atoms in total. The standard InChI is InChI=1S/C19H27N3O5/c1-13-5-6-16(27-4)15(9-13)22-11-14(10-17(22)23)19(26)21(12-18(24)25)8-7-20(2)3/h5-6,9,14H,7-8,10-12H2,1-4H3,(H,24,25). The van der Waals surface area contributed by atoms with Gasteiger partial charge in [-0.15, -0.1) is 0 Å². The van der Waals surface area contributed by atoms with Gasteiger partial charge in [-0.05, 0) is 38.7 Å². The zero-order valence-corrected chi connectivity index (χ0v) is 16.3. The topological polar surface area (TPSA) is 90.4 Å². The Morgan fingerprint density at radius 1 is 1.30 bits per heavy atom. The number of amides is 2. The molecule has 2 amide bonds. The number of aliphatic carboxylic acids is 1. The van der Waals surface area contributed by atoms with E-state index >= 15 is 0 Å². The fourth-order valence-corrected chi connectivity index (χ4v) is 3.13. The summed E-state index contributed by atoms with van der Waals surface area (Å²) >= 11 is 0. The summed E-state index contributed by atoms with van der Waals surface area (Å²) in [7, 11) is 5.25. The number of carboxylic acids is 1. The van der Waals surface area contributed by atoms with Gasteiger partial charge in [-0.25, -0.2) is 0 Å². The van der Waals surface area contributed by atoms with E-state index in [2.05, 4.69) is 0 Å². The number of methoxy groups -OCH3 is 1. The monoisotopic (exact) mass is 377 g/mol. The van der Waals surface area contributed by atoms with Crippen LogP contribution in [0.1, 0.15) is 12.0 Å². The highest BCUT2D eigenvalue weighted by Gasteiger charge is 2.38. The number of carbonyl (C=O) groups excluding carboxylic acids is 2. The zero-order valence-electron chi connectivity index (χ0n) is 16.3. The van der Waals surface area contributed by atoms with Gasteiger partial charge in [0.05, 0.1) is 18.7 Å². The van der Waals surface area contributed by atoms with Gasteiger partial charge in [-0.3, -0.25) is 14.4 Å². The minimum absolute atomic E-state index is 0.0635. The van der Waals surface area contributed by atoms with Crippen molar-refractivity contribution in [2.45, 2.75) is 13.3 Å². The van der Waals surface area contributed by atoms with Crippen molar-refractivity contribution in [3.8, 4) is 5.75 Å². The van der Waals surface area contributed by atoms with E-state index in [9.17, 15) is 14.4 Å². The molecule has 0 radical (unpaired) electrons. The Morgan fingerprint density at radius 2 is 2.00 bits per heavy atom. The Labute approximate surface area is 159 Å². The first kappa shape index (κ1) is 20.7. The number of carboxylic acid groups (broad SMARTS) is 1. The van der Waals surface area contributed by atoms with Crippen molar-refractivity contribution in [2.75, 3.05) is 52.3 Å². The van der Waals surface area contributed by atoms with Gasteiger partial charge in [-0.1, -0.05) is 6.07 Å². The molecule has 0 aliphatic carbocycles. The summed E-state index contributed by atoms with van der Waals surface area (Å²) in [5.74, 6) is -1.54. The molecule has 27 heavy (non-hydrogen) atoms. The molecule has 1 aliphatic rings. The molecule has 0 saturated carbocycles. The zero-order chi connectivity index (χ0) is 20.1. The van der Waals surface area contributed by atoms with Gasteiger partial charge in [0.2, 0.25) is 11.8 Å². The SMILES string of the molecule is COc1ccc(C)cc1N1CC(C(=O)N(CCN(C)C)CC(=O)O)CC1=O. The molecule has 1 aliphatic heterocycles. The summed E-state index contributed by atoms with van der Waals surface area (Å²) in [6, 6.07) is 5.53. The molecule has 1 heterocycles.